The molecular formula is C11H19N5O2. The molecule has 2 unspecified atom stereocenters. The number of nitrogens with one attached hydrogen (secondary N) is 2. The van der Waals surface area contributed by atoms with E-state index in [0.717, 1.165) is 6.42 Å². The van der Waals surface area contributed by atoms with Crippen LogP contribution in [0.2, 0.25) is 0 Å². The topological polar surface area (TPSA) is 116 Å². The second-order valence-electron chi connectivity index (χ2n) is 4.07. The van der Waals surface area contributed by atoms with Gasteiger partial charge in [-0.15, -0.1) is 0 Å². The van der Waals surface area contributed by atoms with E-state index in [1.54, 1.807) is 12.4 Å². The molecule has 0 saturated heterocycles. The van der Waals surface area contributed by atoms with Gasteiger partial charge in [-0.2, -0.15) is 0 Å². The Morgan fingerprint density at radius 2 is 2.44 bits per heavy atom. The standard InChI is InChI=1S/C11H19N5O2/c1-3-4-8(9(12)16-18)11(17)15-7(2)10-13-5-6-14-10/h5-8,18H,3-4H2,1-2H3,(H2,12,16)(H,13,14)(H,15,17). The van der Waals surface area contributed by atoms with Crippen molar-refractivity contribution in [3.8, 4) is 0 Å². The van der Waals surface area contributed by atoms with Gasteiger partial charge in [0.05, 0.1) is 12.0 Å². The first-order valence-corrected chi connectivity index (χ1v) is 5.87. The molecule has 0 radical (unpaired) electrons. The molecule has 18 heavy (non-hydrogen) atoms. The zero-order valence-electron chi connectivity index (χ0n) is 10.6. The zero-order valence-corrected chi connectivity index (χ0v) is 10.6. The van der Waals surface area contributed by atoms with Gasteiger partial charge in [0.25, 0.3) is 0 Å². The average molecular weight is 253 g/mol. The van der Waals surface area contributed by atoms with Gasteiger partial charge in [0.1, 0.15) is 5.82 Å². The first kappa shape index (κ1) is 14.0. The van der Waals surface area contributed by atoms with Crippen LogP contribution < -0.4 is 11.1 Å². The van der Waals surface area contributed by atoms with E-state index in [1.807, 2.05) is 13.8 Å². The number of hydrogen-bond acceptors (Lipinski definition) is 4. The fraction of sp³-hybridized carbons (Fsp3) is 0.545. The van der Waals surface area contributed by atoms with E-state index in [4.69, 9.17) is 10.9 Å². The largest absolute Gasteiger partial charge is 0.409 e. The van der Waals surface area contributed by atoms with E-state index in [-0.39, 0.29) is 17.8 Å². The maximum atomic E-state index is 12.0. The lowest BCUT2D eigenvalue weighted by Gasteiger charge is -2.17. The Kier molecular flexibility index (Phi) is 5.16. The highest BCUT2D eigenvalue weighted by molar-refractivity contribution is 6.02. The van der Waals surface area contributed by atoms with Crippen molar-refractivity contribution in [1.82, 2.24) is 15.3 Å². The summed E-state index contributed by atoms with van der Waals surface area (Å²) in [4.78, 5) is 19.0. The minimum atomic E-state index is -0.614. The van der Waals surface area contributed by atoms with Crippen molar-refractivity contribution in [3.63, 3.8) is 0 Å². The Bertz CT molecular complexity index is 402. The number of carbonyl (C=O) groups excluding carboxylic acids is 1. The summed E-state index contributed by atoms with van der Waals surface area (Å²) in [7, 11) is 0. The summed E-state index contributed by atoms with van der Waals surface area (Å²) >= 11 is 0. The third kappa shape index (κ3) is 3.47. The van der Waals surface area contributed by atoms with E-state index in [9.17, 15) is 4.79 Å². The minimum Gasteiger partial charge on any atom is -0.409 e. The van der Waals surface area contributed by atoms with Crippen LogP contribution in [0.5, 0.6) is 0 Å². The molecule has 0 aliphatic carbocycles. The minimum absolute atomic E-state index is 0.0685. The van der Waals surface area contributed by atoms with Crippen molar-refractivity contribution in [1.29, 1.82) is 0 Å². The lowest BCUT2D eigenvalue weighted by molar-refractivity contribution is -0.124. The van der Waals surface area contributed by atoms with E-state index in [0.29, 0.717) is 12.2 Å². The lowest BCUT2D eigenvalue weighted by atomic mass is 10.0. The molecule has 0 fully saturated rings. The second kappa shape index (κ2) is 6.63. The molecule has 2 atom stereocenters. The van der Waals surface area contributed by atoms with E-state index >= 15 is 0 Å². The Morgan fingerprint density at radius 3 is 2.94 bits per heavy atom. The van der Waals surface area contributed by atoms with Crippen LogP contribution in [0.15, 0.2) is 17.5 Å². The van der Waals surface area contributed by atoms with Crippen LogP contribution in [-0.4, -0.2) is 26.9 Å². The molecule has 7 nitrogen and oxygen atoms in total. The molecule has 1 amide bonds. The van der Waals surface area contributed by atoms with Gasteiger partial charge in [-0.3, -0.25) is 4.79 Å². The number of carbonyl (C=O) groups is 1. The third-order valence-corrected chi connectivity index (χ3v) is 2.65. The summed E-state index contributed by atoms with van der Waals surface area (Å²) < 4.78 is 0. The predicted molar refractivity (Wildman–Crippen MR) is 67.0 cm³/mol. The molecule has 0 bridgehead atoms. The maximum absolute atomic E-state index is 12.0. The first-order valence-electron chi connectivity index (χ1n) is 5.87. The van der Waals surface area contributed by atoms with Crippen molar-refractivity contribution in [2.75, 3.05) is 0 Å². The number of hydrogen-bond donors (Lipinski definition) is 4. The van der Waals surface area contributed by atoms with Crippen molar-refractivity contribution in [3.05, 3.63) is 18.2 Å². The number of nitrogens with zero attached hydrogens (tertiary/aromatic N) is 2. The van der Waals surface area contributed by atoms with Crippen LogP contribution in [0.1, 0.15) is 38.6 Å². The van der Waals surface area contributed by atoms with Gasteiger partial charge in [-0.05, 0) is 13.3 Å². The van der Waals surface area contributed by atoms with Crippen LogP contribution in [-0.2, 0) is 4.79 Å². The molecular weight excluding hydrogens is 234 g/mol. The predicted octanol–water partition coefficient (Wildman–Crippen LogP) is 0.750. The van der Waals surface area contributed by atoms with Gasteiger partial charge in [0.2, 0.25) is 5.91 Å². The quantitative estimate of drug-likeness (QED) is 0.259. The molecule has 7 heteroatoms. The van der Waals surface area contributed by atoms with Crippen LogP contribution >= 0.6 is 0 Å². The number of oxime groups is 1. The lowest BCUT2D eigenvalue weighted by Crippen LogP contribution is -2.40. The molecule has 5 N–H and O–H groups in total. The van der Waals surface area contributed by atoms with Crippen LogP contribution in [0.3, 0.4) is 0 Å². The Hall–Kier alpha value is -2.05. The van der Waals surface area contributed by atoms with E-state index in [1.165, 1.54) is 0 Å². The molecule has 100 valence electrons. The SMILES string of the molecule is CCCC(C(=O)NC(C)c1ncc[nH]1)/C(N)=N/O. The summed E-state index contributed by atoms with van der Waals surface area (Å²) in [5.74, 6) is -0.285. The zero-order chi connectivity index (χ0) is 13.5. The Morgan fingerprint density at radius 1 is 1.72 bits per heavy atom. The number of imidazole rings is 1. The summed E-state index contributed by atoms with van der Waals surface area (Å²) in [5.41, 5.74) is 5.51. The fourth-order valence-corrected chi connectivity index (χ4v) is 1.67. The molecule has 1 heterocycles. The highest BCUT2D eigenvalue weighted by Crippen LogP contribution is 2.11. The molecule has 0 spiro atoms. The summed E-state index contributed by atoms with van der Waals surface area (Å²) in [5, 5.41) is 14.3. The molecule has 0 aromatic carbocycles. The van der Waals surface area contributed by atoms with Crippen molar-refractivity contribution in [2.24, 2.45) is 16.8 Å². The van der Waals surface area contributed by atoms with Gasteiger partial charge in [0, 0.05) is 12.4 Å². The number of aromatic nitrogens is 2. The van der Waals surface area contributed by atoms with Crippen molar-refractivity contribution in [2.45, 2.75) is 32.7 Å². The fourth-order valence-electron chi connectivity index (χ4n) is 1.67. The second-order valence-corrected chi connectivity index (χ2v) is 4.07. The van der Waals surface area contributed by atoms with Gasteiger partial charge >= 0.3 is 0 Å². The number of amidine groups is 1. The van der Waals surface area contributed by atoms with Crippen molar-refractivity contribution < 1.29 is 10.0 Å². The van der Waals surface area contributed by atoms with Crippen LogP contribution in [0.4, 0.5) is 0 Å². The number of H-pyrrole nitrogens is 1. The van der Waals surface area contributed by atoms with Gasteiger partial charge < -0.3 is 21.2 Å². The highest BCUT2D eigenvalue weighted by Gasteiger charge is 2.24. The Labute approximate surface area is 105 Å². The van der Waals surface area contributed by atoms with E-state index in [2.05, 4.69) is 20.4 Å². The normalized spacial score (nSPS) is 15.1. The monoisotopic (exact) mass is 253 g/mol. The summed E-state index contributed by atoms with van der Waals surface area (Å²) in [6.07, 6.45) is 4.60. The number of rotatable bonds is 6. The van der Waals surface area contributed by atoms with Crippen LogP contribution in [0.25, 0.3) is 0 Å². The van der Waals surface area contributed by atoms with Gasteiger partial charge in [-0.1, -0.05) is 18.5 Å². The summed E-state index contributed by atoms with van der Waals surface area (Å²) in [6.45, 7) is 3.74. The maximum Gasteiger partial charge on any atom is 0.231 e. The molecule has 1 aromatic heterocycles. The third-order valence-electron chi connectivity index (χ3n) is 2.65. The summed E-state index contributed by atoms with van der Waals surface area (Å²) in [6, 6.07) is -0.252. The van der Waals surface area contributed by atoms with E-state index < -0.39 is 5.92 Å². The van der Waals surface area contributed by atoms with Gasteiger partial charge in [0.15, 0.2) is 5.84 Å². The Balaban J connectivity index is 2.67. The highest BCUT2D eigenvalue weighted by atomic mass is 16.4. The van der Waals surface area contributed by atoms with Gasteiger partial charge in [-0.25, -0.2) is 4.98 Å². The average Bonchev–Trinajstić information content (AvgIpc) is 2.88. The number of nitrogens with two attached hydrogens (primary N) is 1. The molecule has 1 rings (SSSR count). The first-order chi connectivity index (χ1) is 8.60. The number of amides is 1. The van der Waals surface area contributed by atoms with Crippen LogP contribution in [0, 0.1) is 5.92 Å². The van der Waals surface area contributed by atoms with Crippen molar-refractivity contribution >= 4 is 11.7 Å². The molecule has 0 aliphatic heterocycles. The molecule has 0 saturated carbocycles. The smallest absolute Gasteiger partial charge is 0.231 e. The number of aromatic amines is 1. The molecule has 0 aliphatic rings. The molecule has 1 aromatic rings.